The SMILES string of the molecule is CCOC(=O)c1ccc(N)c(C#CCN)c1. The fraction of sp³-hybridized carbons (Fsp3) is 0.250. The summed E-state index contributed by atoms with van der Waals surface area (Å²) < 4.78 is 4.87. The van der Waals surface area contributed by atoms with Crippen molar-refractivity contribution in [2.75, 3.05) is 18.9 Å². The fourth-order valence-corrected chi connectivity index (χ4v) is 1.15. The Bertz CT molecular complexity index is 444. The molecule has 84 valence electrons. The highest BCUT2D eigenvalue weighted by Gasteiger charge is 2.07. The maximum Gasteiger partial charge on any atom is 0.338 e. The third-order valence-electron chi connectivity index (χ3n) is 1.89. The predicted molar refractivity (Wildman–Crippen MR) is 62.7 cm³/mol. The highest BCUT2D eigenvalue weighted by molar-refractivity contribution is 5.90. The lowest BCUT2D eigenvalue weighted by molar-refractivity contribution is 0.0526. The molecule has 0 aromatic heterocycles. The Morgan fingerprint density at radius 2 is 2.25 bits per heavy atom. The molecule has 0 bridgehead atoms. The zero-order valence-electron chi connectivity index (χ0n) is 9.12. The van der Waals surface area contributed by atoms with Crippen molar-refractivity contribution < 1.29 is 9.53 Å². The topological polar surface area (TPSA) is 78.3 Å². The van der Waals surface area contributed by atoms with E-state index in [2.05, 4.69) is 11.8 Å². The standard InChI is InChI=1S/C12H14N2O2/c1-2-16-12(15)10-5-6-11(14)9(8-10)4-3-7-13/h5-6,8H,2,7,13-14H2,1H3. The van der Waals surface area contributed by atoms with E-state index in [0.29, 0.717) is 23.4 Å². The van der Waals surface area contributed by atoms with Gasteiger partial charge < -0.3 is 16.2 Å². The highest BCUT2D eigenvalue weighted by atomic mass is 16.5. The van der Waals surface area contributed by atoms with Gasteiger partial charge >= 0.3 is 5.97 Å². The number of rotatable bonds is 2. The Hall–Kier alpha value is -1.99. The monoisotopic (exact) mass is 218 g/mol. The zero-order chi connectivity index (χ0) is 12.0. The molecule has 4 heteroatoms. The van der Waals surface area contributed by atoms with E-state index in [-0.39, 0.29) is 12.5 Å². The van der Waals surface area contributed by atoms with Gasteiger partial charge in [-0.2, -0.15) is 0 Å². The van der Waals surface area contributed by atoms with Gasteiger partial charge in [-0.3, -0.25) is 0 Å². The van der Waals surface area contributed by atoms with Crippen molar-refractivity contribution in [2.45, 2.75) is 6.92 Å². The number of anilines is 1. The van der Waals surface area contributed by atoms with E-state index >= 15 is 0 Å². The van der Waals surface area contributed by atoms with Crippen LogP contribution in [0.4, 0.5) is 5.69 Å². The maximum absolute atomic E-state index is 11.4. The number of benzene rings is 1. The Labute approximate surface area is 94.6 Å². The molecule has 0 radical (unpaired) electrons. The molecule has 4 nitrogen and oxygen atoms in total. The number of hydrogen-bond donors (Lipinski definition) is 2. The number of nitrogen functional groups attached to an aromatic ring is 1. The van der Waals surface area contributed by atoms with Crippen molar-refractivity contribution in [3.63, 3.8) is 0 Å². The van der Waals surface area contributed by atoms with Crippen LogP contribution in [0.1, 0.15) is 22.8 Å². The molecular weight excluding hydrogens is 204 g/mol. The first-order valence-electron chi connectivity index (χ1n) is 4.94. The van der Waals surface area contributed by atoms with Crippen LogP contribution in [-0.2, 0) is 4.74 Å². The summed E-state index contributed by atoms with van der Waals surface area (Å²) in [5, 5.41) is 0. The molecule has 0 amide bonds. The van der Waals surface area contributed by atoms with Gasteiger partial charge in [0.25, 0.3) is 0 Å². The van der Waals surface area contributed by atoms with Crippen LogP contribution in [0.5, 0.6) is 0 Å². The largest absolute Gasteiger partial charge is 0.462 e. The van der Waals surface area contributed by atoms with E-state index in [1.165, 1.54) is 0 Å². The minimum Gasteiger partial charge on any atom is -0.462 e. The van der Waals surface area contributed by atoms with Gasteiger partial charge in [-0.15, -0.1) is 0 Å². The lowest BCUT2D eigenvalue weighted by atomic mass is 10.1. The number of carbonyl (C=O) groups is 1. The first-order chi connectivity index (χ1) is 7.69. The number of nitrogens with two attached hydrogens (primary N) is 2. The number of esters is 1. The quantitative estimate of drug-likeness (QED) is 0.436. The average molecular weight is 218 g/mol. The van der Waals surface area contributed by atoms with Crippen molar-refractivity contribution in [3.05, 3.63) is 29.3 Å². The van der Waals surface area contributed by atoms with E-state index in [1.54, 1.807) is 25.1 Å². The van der Waals surface area contributed by atoms with Crippen LogP contribution in [0, 0.1) is 11.8 Å². The van der Waals surface area contributed by atoms with Gasteiger partial charge in [-0.1, -0.05) is 11.8 Å². The van der Waals surface area contributed by atoms with Crippen molar-refractivity contribution in [1.29, 1.82) is 0 Å². The number of ether oxygens (including phenoxy) is 1. The first-order valence-corrected chi connectivity index (χ1v) is 4.94. The van der Waals surface area contributed by atoms with E-state index in [4.69, 9.17) is 16.2 Å². The molecule has 0 saturated heterocycles. The molecule has 0 spiro atoms. The molecule has 0 heterocycles. The molecule has 1 rings (SSSR count). The van der Waals surface area contributed by atoms with Gasteiger partial charge in [0.1, 0.15) is 0 Å². The van der Waals surface area contributed by atoms with E-state index in [9.17, 15) is 4.79 Å². The summed E-state index contributed by atoms with van der Waals surface area (Å²) in [5.74, 6) is 5.11. The van der Waals surface area contributed by atoms with Crippen molar-refractivity contribution in [1.82, 2.24) is 0 Å². The van der Waals surface area contributed by atoms with Crippen LogP contribution in [0.2, 0.25) is 0 Å². The van der Waals surface area contributed by atoms with Gasteiger partial charge in [-0.05, 0) is 25.1 Å². The minimum absolute atomic E-state index is 0.253. The molecule has 0 fully saturated rings. The lowest BCUT2D eigenvalue weighted by Gasteiger charge is -2.03. The molecule has 0 unspecified atom stereocenters. The number of carbonyl (C=O) groups excluding carboxylic acids is 1. The molecule has 16 heavy (non-hydrogen) atoms. The molecule has 0 atom stereocenters. The Kier molecular flexibility index (Phi) is 4.37. The molecule has 0 aliphatic heterocycles. The molecule has 4 N–H and O–H groups in total. The predicted octanol–water partition coefficient (Wildman–Crippen LogP) is 0.756. The Morgan fingerprint density at radius 1 is 1.50 bits per heavy atom. The third kappa shape index (κ3) is 3.01. The zero-order valence-corrected chi connectivity index (χ0v) is 9.12. The minimum atomic E-state index is -0.377. The molecule has 1 aromatic rings. The summed E-state index contributed by atoms with van der Waals surface area (Å²) in [6.07, 6.45) is 0. The summed E-state index contributed by atoms with van der Waals surface area (Å²) in [7, 11) is 0. The van der Waals surface area contributed by atoms with Crippen molar-refractivity contribution in [3.8, 4) is 11.8 Å². The average Bonchev–Trinajstić information content (AvgIpc) is 2.28. The fourth-order valence-electron chi connectivity index (χ4n) is 1.15. The first kappa shape index (κ1) is 12.1. The Balaban J connectivity index is 3.02. The van der Waals surface area contributed by atoms with Crippen molar-refractivity contribution >= 4 is 11.7 Å². The van der Waals surface area contributed by atoms with E-state index < -0.39 is 0 Å². The summed E-state index contributed by atoms with van der Waals surface area (Å²) in [6.45, 7) is 2.35. The van der Waals surface area contributed by atoms with Crippen LogP contribution >= 0.6 is 0 Å². The van der Waals surface area contributed by atoms with Gasteiger partial charge in [0, 0.05) is 11.3 Å². The van der Waals surface area contributed by atoms with E-state index in [0.717, 1.165) is 0 Å². The van der Waals surface area contributed by atoms with Crippen LogP contribution in [-0.4, -0.2) is 19.1 Å². The summed E-state index contributed by atoms with van der Waals surface area (Å²) in [6, 6.07) is 4.85. The van der Waals surface area contributed by atoms with E-state index in [1.807, 2.05) is 0 Å². The second-order valence-electron chi connectivity index (χ2n) is 3.03. The molecule has 0 saturated carbocycles. The van der Waals surface area contributed by atoms with Crippen LogP contribution in [0.15, 0.2) is 18.2 Å². The van der Waals surface area contributed by atoms with Gasteiger partial charge in [0.2, 0.25) is 0 Å². The maximum atomic E-state index is 11.4. The molecule has 1 aromatic carbocycles. The summed E-state index contributed by atoms with van der Waals surface area (Å²) in [4.78, 5) is 11.4. The molecular formula is C12H14N2O2. The second-order valence-corrected chi connectivity index (χ2v) is 3.03. The highest BCUT2D eigenvalue weighted by Crippen LogP contribution is 2.13. The van der Waals surface area contributed by atoms with Crippen LogP contribution < -0.4 is 11.5 Å². The Morgan fingerprint density at radius 3 is 2.88 bits per heavy atom. The van der Waals surface area contributed by atoms with Gasteiger partial charge in [0.05, 0.1) is 18.7 Å². The smallest absolute Gasteiger partial charge is 0.338 e. The third-order valence-corrected chi connectivity index (χ3v) is 1.89. The van der Waals surface area contributed by atoms with Gasteiger partial charge in [0.15, 0.2) is 0 Å². The molecule has 0 aliphatic carbocycles. The normalized spacial score (nSPS) is 9.12. The van der Waals surface area contributed by atoms with Crippen molar-refractivity contribution in [2.24, 2.45) is 5.73 Å². The van der Waals surface area contributed by atoms with Gasteiger partial charge in [-0.25, -0.2) is 4.79 Å². The molecule has 0 aliphatic rings. The lowest BCUT2D eigenvalue weighted by Crippen LogP contribution is -2.05. The van der Waals surface area contributed by atoms with Crippen LogP contribution in [0.3, 0.4) is 0 Å². The summed E-state index contributed by atoms with van der Waals surface area (Å²) in [5.41, 5.74) is 12.5. The number of hydrogen-bond acceptors (Lipinski definition) is 4. The second kappa shape index (κ2) is 5.79. The summed E-state index contributed by atoms with van der Waals surface area (Å²) >= 11 is 0. The van der Waals surface area contributed by atoms with Crippen LogP contribution in [0.25, 0.3) is 0 Å².